The van der Waals surface area contributed by atoms with Gasteiger partial charge < -0.3 is 41.0 Å². The fourth-order valence-electron chi connectivity index (χ4n) is 5.20. The van der Waals surface area contributed by atoms with Crippen molar-refractivity contribution in [1.82, 2.24) is 20.9 Å². The van der Waals surface area contributed by atoms with E-state index in [9.17, 15) is 29.1 Å². The number of nitrogens with two attached hydrogens (primary N) is 1. The quantitative estimate of drug-likeness (QED) is 0.120. The second-order valence-corrected chi connectivity index (χ2v) is 14.0. The zero-order valence-electron chi connectivity index (χ0n) is 29.4. The van der Waals surface area contributed by atoms with Gasteiger partial charge in [-0.25, -0.2) is 4.79 Å². The van der Waals surface area contributed by atoms with Gasteiger partial charge in [0.15, 0.2) is 0 Å². The predicted octanol–water partition coefficient (Wildman–Crippen LogP) is 1.94. The Kier molecular flexibility index (Phi) is 15.6. The van der Waals surface area contributed by atoms with Crippen molar-refractivity contribution in [3.63, 3.8) is 0 Å². The molecule has 0 bridgehead atoms. The van der Waals surface area contributed by atoms with Crippen molar-refractivity contribution in [2.45, 2.75) is 122 Å². The molecule has 1 saturated heterocycles. The Labute approximate surface area is 283 Å². The number of benzene rings is 1. The summed E-state index contributed by atoms with van der Waals surface area (Å²) in [6.45, 7) is 13.8. The van der Waals surface area contributed by atoms with Crippen molar-refractivity contribution in [2.75, 3.05) is 26.3 Å². The zero-order valence-corrected chi connectivity index (χ0v) is 29.4. The van der Waals surface area contributed by atoms with Crippen LogP contribution < -0.4 is 26.4 Å². The number of primary amides is 1. The minimum Gasteiger partial charge on any atom is -0.494 e. The smallest absolute Gasteiger partial charge is 0.408 e. The molecule has 0 unspecified atom stereocenters. The summed E-state index contributed by atoms with van der Waals surface area (Å²) in [4.78, 5) is 64.3. The average molecular weight is 678 g/mol. The van der Waals surface area contributed by atoms with Crippen molar-refractivity contribution in [1.29, 1.82) is 0 Å². The second-order valence-electron chi connectivity index (χ2n) is 14.0. The topological polar surface area (TPSA) is 199 Å². The molecule has 1 fully saturated rings. The summed E-state index contributed by atoms with van der Waals surface area (Å²) in [6.07, 6.45) is -0.192. The first kappa shape index (κ1) is 40.3. The third-order valence-electron chi connectivity index (χ3n) is 7.27. The maximum absolute atomic E-state index is 13.5. The molecule has 0 aromatic heterocycles. The molecule has 0 spiro atoms. The van der Waals surface area contributed by atoms with E-state index in [0.29, 0.717) is 38.3 Å². The van der Waals surface area contributed by atoms with Crippen molar-refractivity contribution < 1.29 is 43.3 Å². The Balaban J connectivity index is 2.22. The summed E-state index contributed by atoms with van der Waals surface area (Å²) >= 11 is 0. The van der Waals surface area contributed by atoms with E-state index >= 15 is 0 Å². The number of hydrogen-bond acceptors (Lipinski definition) is 10. The van der Waals surface area contributed by atoms with Crippen LogP contribution in [-0.2, 0) is 35.1 Å². The summed E-state index contributed by atoms with van der Waals surface area (Å²) in [6, 6.07) is 4.42. The summed E-state index contributed by atoms with van der Waals surface area (Å²) in [5.41, 5.74) is 4.88. The zero-order chi connectivity index (χ0) is 36.1. The van der Waals surface area contributed by atoms with Crippen molar-refractivity contribution in [2.24, 2.45) is 5.73 Å². The van der Waals surface area contributed by atoms with Gasteiger partial charge >= 0.3 is 12.1 Å². The number of carbonyl (C=O) groups is 5. The largest absolute Gasteiger partial charge is 0.494 e. The molecule has 1 aromatic rings. The number of β-amino-alcohol motifs (C(OH)–C–C–N with tert-alkyl or cyclic N) is 1. The number of amides is 4. The Morgan fingerprint density at radius 1 is 1.04 bits per heavy atom. The monoisotopic (exact) mass is 677 g/mol. The van der Waals surface area contributed by atoms with Gasteiger partial charge in [0.25, 0.3) is 0 Å². The highest BCUT2D eigenvalue weighted by atomic mass is 16.6. The summed E-state index contributed by atoms with van der Waals surface area (Å²) in [5.74, 6) is -1.37. The molecule has 1 aromatic carbocycles. The lowest BCUT2D eigenvalue weighted by Gasteiger charge is -2.33. The molecule has 1 heterocycles. The van der Waals surface area contributed by atoms with Crippen LogP contribution in [0.2, 0.25) is 0 Å². The van der Waals surface area contributed by atoms with Crippen molar-refractivity contribution >= 4 is 29.8 Å². The van der Waals surface area contributed by atoms with Crippen LogP contribution in [0.3, 0.4) is 0 Å². The van der Waals surface area contributed by atoms with Gasteiger partial charge in [0, 0.05) is 18.5 Å². The molecular weight excluding hydrogens is 622 g/mol. The molecule has 48 heavy (non-hydrogen) atoms. The number of nitrogens with zero attached hydrogens (tertiary/aromatic N) is 1. The fourth-order valence-corrected chi connectivity index (χ4v) is 5.20. The third-order valence-corrected chi connectivity index (χ3v) is 7.27. The molecule has 4 atom stereocenters. The van der Waals surface area contributed by atoms with Gasteiger partial charge in [0.1, 0.15) is 17.4 Å². The third kappa shape index (κ3) is 15.3. The molecular formula is C34H55N5O9. The van der Waals surface area contributed by atoms with Crippen LogP contribution in [0.4, 0.5) is 4.79 Å². The van der Waals surface area contributed by atoms with Gasteiger partial charge in [-0.2, -0.15) is 0 Å². The fraction of sp³-hybridized carbons (Fsp3) is 0.676. The number of esters is 1. The molecule has 6 N–H and O–H groups in total. The molecule has 0 aliphatic carbocycles. The van der Waals surface area contributed by atoms with Crippen molar-refractivity contribution in [3.8, 4) is 5.75 Å². The number of likely N-dealkylation sites (tertiary alicyclic amines) is 1. The van der Waals surface area contributed by atoms with E-state index in [4.69, 9.17) is 19.9 Å². The molecule has 270 valence electrons. The highest BCUT2D eigenvalue weighted by molar-refractivity contribution is 5.90. The molecule has 2 rings (SSSR count). The van der Waals surface area contributed by atoms with Gasteiger partial charge in [-0.3, -0.25) is 24.1 Å². The lowest BCUT2D eigenvalue weighted by atomic mass is 9.99. The Morgan fingerprint density at radius 2 is 1.71 bits per heavy atom. The first-order valence-electron chi connectivity index (χ1n) is 16.6. The second kappa shape index (κ2) is 18.6. The van der Waals surface area contributed by atoms with Gasteiger partial charge in [-0.1, -0.05) is 12.1 Å². The molecule has 1 aliphatic heterocycles. The Bertz CT molecular complexity index is 1230. The summed E-state index contributed by atoms with van der Waals surface area (Å²) in [5, 5.41) is 19.8. The molecule has 0 saturated carbocycles. The summed E-state index contributed by atoms with van der Waals surface area (Å²) in [7, 11) is 0. The molecule has 14 heteroatoms. The maximum Gasteiger partial charge on any atom is 0.408 e. The van der Waals surface area contributed by atoms with Crippen LogP contribution in [0.15, 0.2) is 24.3 Å². The van der Waals surface area contributed by atoms with Crippen LogP contribution >= 0.6 is 0 Å². The minimum atomic E-state index is -1.35. The van der Waals surface area contributed by atoms with E-state index in [2.05, 4.69) is 16.0 Å². The van der Waals surface area contributed by atoms with Crippen LogP contribution in [-0.4, -0.2) is 101 Å². The van der Waals surface area contributed by atoms with Gasteiger partial charge in [-0.15, -0.1) is 0 Å². The summed E-state index contributed by atoms with van der Waals surface area (Å²) < 4.78 is 15.9. The lowest BCUT2D eigenvalue weighted by Crippen LogP contribution is -2.57. The number of rotatable bonds is 17. The van der Waals surface area contributed by atoms with Gasteiger partial charge in [0.05, 0.1) is 37.8 Å². The lowest BCUT2D eigenvalue weighted by molar-refractivity contribution is -0.143. The minimum absolute atomic E-state index is 0.0921. The highest BCUT2D eigenvalue weighted by Crippen LogP contribution is 2.21. The van der Waals surface area contributed by atoms with Gasteiger partial charge in [-0.05, 0) is 98.4 Å². The highest BCUT2D eigenvalue weighted by Gasteiger charge is 2.36. The van der Waals surface area contributed by atoms with Crippen molar-refractivity contribution in [3.05, 3.63) is 29.8 Å². The standard InChI is InChI=1S/C34H55N5O9/c1-8-46-29(42)12-10-18-47-23-15-13-22(14-16-23)19-24(27(40)21-39-17-9-11-26(39)31(44)38-33(2,3)4)36-30(43)25(20-28(35)41)37-32(45)48-34(5,6)7/h13-16,24-27,40H,8-12,17-21H2,1-7H3,(H2,35,41)(H,36,43)(H,37,45)(H,38,44)/t24-,25-,26-,27+/m0/s1. The molecule has 0 radical (unpaired) electrons. The number of ether oxygens (including phenoxy) is 3. The van der Waals surface area contributed by atoms with Gasteiger partial charge in [0.2, 0.25) is 17.7 Å². The first-order valence-corrected chi connectivity index (χ1v) is 16.6. The van der Waals surface area contributed by atoms with Crippen LogP contribution in [0, 0.1) is 0 Å². The number of aliphatic hydroxyl groups is 1. The van der Waals surface area contributed by atoms with Crippen LogP contribution in [0.25, 0.3) is 0 Å². The Morgan fingerprint density at radius 3 is 2.29 bits per heavy atom. The van der Waals surface area contributed by atoms with Crippen LogP contribution in [0.5, 0.6) is 5.75 Å². The molecule has 1 aliphatic rings. The number of hydrogen-bond donors (Lipinski definition) is 5. The number of nitrogens with one attached hydrogen (secondary N) is 3. The normalized spacial score (nSPS) is 17.0. The SMILES string of the molecule is CCOC(=O)CCCOc1ccc(C[C@H](NC(=O)[C@H](CC(N)=O)NC(=O)OC(C)(C)C)[C@H](O)CN2CCC[C@H]2C(=O)NC(C)(C)C)cc1. The number of aliphatic hydroxyl groups excluding tert-OH is 1. The van der Waals surface area contributed by atoms with E-state index < -0.39 is 59.7 Å². The van der Waals surface area contributed by atoms with E-state index in [1.807, 2.05) is 25.7 Å². The van der Waals surface area contributed by atoms with E-state index in [0.717, 1.165) is 12.0 Å². The average Bonchev–Trinajstić information content (AvgIpc) is 3.41. The molecule has 4 amide bonds. The van der Waals surface area contributed by atoms with E-state index in [1.165, 1.54) is 0 Å². The Hall–Kier alpha value is -3.91. The maximum atomic E-state index is 13.5. The predicted molar refractivity (Wildman–Crippen MR) is 179 cm³/mol. The van der Waals surface area contributed by atoms with E-state index in [1.54, 1.807) is 52.0 Å². The van der Waals surface area contributed by atoms with Crippen LogP contribution in [0.1, 0.15) is 86.1 Å². The number of alkyl carbamates (subject to hydrolysis) is 1. The molecule has 14 nitrogen and oxygen atoms in total. The first-order chi connectivity index (χ1) is 22.4. The number of carbonyl (C=O) groups excluding carboxylic acids is 5. The van der Waals surface area contributed by atoms with E-state index in [-0.39, 0.29) is 31.3 Å².